The summed E-state index contributed by atoms with van der Waals surface area (Å²) < 4.78 is 3.96. The summed E-state index contributed by atoms with van der Waals surface area (Å²) >= 11 is 0. The Bertz CT molecular complexity index is 755. The van der Waals surface area contributed by atoms with Crippen molar-refractivity contribution in [1.82, 2.24) is 35.2 Å². The van der Waals surface area contributed by atoms with Crippen LogP contribution in [0.25, 0.3) is 0 Å². The highest BCUT2D eigenvalue weighted by atomic mass is 16.2. The zero-order valence-corrected chi connectivity index (χ0v) is 15.3. The minimum Gasteiger partial charge on any atom is -0.350 e. The number of nitrogens with one attached hydrogen (secondary N) is 2. The Hall–Kier alpha value is -2.22. The van der Waals surface area contributed by atoms with Crippen molar-refractivity contribution in [2.24, 2.45) is 11.3 Å². The first-order chi connectivity index (χ1) is 12.6. The second-order valence-corrected chi connectivity index (χ2v) is 7.82. The zero-order chi connectivity index (χ0) is 18.0. The highest BCUT2D eigenvalue weighted by Crippen LogP contribution is 2.46. The summed E-state index contributed by atoms with van der Waals surface area (Å²) in [5.41, 5.74) is 0.564. The van der Waals surface area contributed by atoms with Gasteiger partial charge in [0.2, 0.25) is 0 Å². The van der Waals surface area contributed by atoms with Crippen LogP contribution >= 0.6 is 0 Å². The number of imidazole rings is 1. The summed E-state index contributed by atoms with van der Waals surface area (Å²) in [6, 6.07) is 0. The minimum atomic E-state index is -0.133. The van der Waals surface area contributed by atoms with E-state index in [1.54, 1.807) is 10.9 Å². The summed E-state index contributed by atoms with van der Waals surface area (Å²) in [6.45, 7) is 6.51. The first-order valence-electron chi connectivity index (χ1n) is 9.50. The summed E-state index contributed by atoms with van der Waals surface area (Å²) in [6.07, 6.45) is 10.3. The van der Waals surface area contributed by atoms with E-state index in [0.29, 0.717) is 18.2 Å². The van der Waals surface area contributed by atoms with Crippen LogP contribution in [-0.2, 0) is 13.1 Å². The van der Waals surface area contributed by atoms with Crippen LogP contribution in [0.5, 0.6) is 0 Å². The number of amides is 1. The van der Waals surface area contributed by atoms with Gasteiger partial charge in [-0.05, 0) is 51.6 Å². The van der Waals surface area contributed by atoms with Crippen LogP contribution in [0.1, 0.15) is 42.0 Å². The molecule has 3 heterocycles. The Kier molecular flexibility index (Phi) is 4.76. The molecule has 4 rings (SSSR count). The fraction of sp³-hybridized carbons (Fsp3) is 0.667. The van der Waals surface area contributed by atoms with Crippen molar-refractivity contribution in [3.63, 3.8) is 0 Å². The van der Waals surface area contributed by atoms with Gasteiger partial charge in [-0.1, -0.05) is 5.21 Å². The molecule has 0 spiro atoms. The van der Waals surface area contributed by atoms with E-state index >= 15 is 0 Å². The molecule has 1 aliphatic heterocycles. The largest absolute Gasteiger partial charge is 0.350 e. The zero-order valence-electron chi connectivity index (χ0n) is 15.3. The van der Waals surface area contributed by atoms with E-state index in [1.807, 2.05) is 19.3 Å². The lowest BCUT2D eigenvalue weighted by atomic mass is 10.00. The molecule has 1 saturated heterocycles. The van der Waals surface area contributed by atoms with Crippen LogP contribution in [0, 0.1) is 18.3 Å². The predicted octanol–water partition coefficient (Wildman–Crippen LogP) is 0.993. The molecule has 2 aromatic rings. The third-order valence-electron chi connectivity index (χ3n) is 5.63. The van der Waals surface area contributed by atoms with E-state index in [-0.39, 0.29) is 11.3 Å². The molecule has 2 N–H and O–H groups in total. The molecule has 140 valence electrons. The van der Waals surface area contributed by atoms with Crippen LogP contribution in [-0.4, -0.2) is 50.1 Å². The number of aromatic nitrogens is 5. The smallest absolute Gasteiger partial charge is 0.273 e. The second kappa shape index (κ2) is 7.19. The summed E-state index contributed by atoms with van der Waals surface area (Å²) in [5.74, 6) is 1.45. The van der Waals surface area contributed by atoms with E-state index in [4.69, 9.17) is 0 Å². The van der Waals surface area contributed by atoms with Crippen molar-refractivity contribution in [2.75, 3.05) is 19.6 Å². The number of nitrogens with zero attached hydrogens (tertiary/aromatic N) is 5. The molecule has 2 fully saturated rings. The van der Waals surface area contributed by atoms with Crippen LogP contribution in [0.2, 0.25) is 0 Å². The second-order valence-electron chi connectivity index (χ2n) is 7.82. The first-order valence-corrected chi connectivity index (χ1v) is 9.50. The molecular formula is C18H27N7O. The van der Waals surface area contributed by atoms with Gasteiger partial charge in [-0.15, -0.1) is 5.10 Å². The van der Waals surface area contributed by atoms with Crippen molar-refractivity contribution < 1.29 is 4.79 Å². The molecule has 26 heavy (non-hydrogen) atoms. The highest BCUT2D eigenvalue weighted by Gasteiger charge is 2.43. The van der Waals surface area contributed by atoms with Gasteiger partial charge < -0.3 is 15.2 Å². The van der Waals surface area contributed by atoms with Gasteiger partial charge in [-0.25, -0.2) is 4.98 Å². The van der Waals surface area contributed by atoms with Gasteiger partial charge in [0.25, 0.3) is 5.91 Å². The van der Waals surface area contributed by atoms with Gasteiger partial charge in [-0.2, -0.15) is 0 Å². The van der Waals surface area contributed by atoms with Crippen molar-refractivity contribution in [3.8, 4) is 0 Å². The number of carbonyl (C=O) groups is 1. The number of aryl methyl sites for hydroxylation is 1. The van der Waals surface area contributed by atoms with Gasteiger partial charge in [0, 0.05) is 37.4 Å². The maximum Gasteiger partial charge on any atom is 0.273 e. The van der Waals surface area contributed by atoms with Crippen molar-refractivity contribution >= 4 is 5.91 Å². The molecule has 0 bridgehead atoms. The topological polar surface area (TPSA) is 89.7 Å². The van der Waals surface area contributed by atoms with Gasteiger partial charge in [-0.3, -0.25) is 9.48 Å². The summed E-state index contributed by atoms with van der Waals surface area (Å²) in [5, 5.41) is 14.6. The maximum absolute atomic E-state index is 12.4. The number of carbonyl (C=O) groups excluding carboxylic acids is 1. The van der Waals surface area contributed by atoms with Gasteiger partial charge in [0.1, 0.15) is 5.82 Å². The van der Waals surface area contributed by atoms with Gasteiger partial charge >= 0.3 is 0 Å². The molecule has 1 saturated carbocycles. The average molecular weight is 357 g/mol. The summed E-state index contributed by atoms with van der Waals surface area (Å²) in [4.78, 5) is 16.7. The average Bonchev–Trinajstić information content (AvgIpc) is 3.04. The lowest BCUT2D eigenvalue weighted by Gasteiger charge is -2.22. The highest BCUT2D eigenvalue weighted by molar-refractivity contribution is 5.91. The predicted molar refractivity (Wildman–Crippen MR) is 96.6 cm³/mol. The molecule has 0 unspecified atom stereocenters. The third kappa shape index (κ3) is 3.95. The molecule has 2 aromatic heterocycles. The molecule has 8 nitrogen and oxygen atoms in total. The van der Waals surface area contributed by atoms with E-state index in [2.05, 4.69) is 30.5 Å². The maximum atomic E-state index is 12.4. The molecule has 0 aromatic carbocycles. The van der Waals surface area contributed by atoms with E-state index in [0.717, 1.165) is 44.8 Å². The normalized spacial score (nSPS) is 21.5. The Labute approximate surface area is 153 Å². The minimum absolute atomic E-state index is 0.133. The lowest BCUT2D eigenvalue weighted by molar-refractivity contribution is 0.0937. The third-order valence-corrected chi connectivity index (χ3v) is 5.63. The van der Waals surface area contributed by atoms with Crippen molar-refractivity contribution in [3.05, 3.63) is 30.1 Å². The van der Waals surface area contributed by atoms with Crippen LogP contribution < -0.4 is 10.6 Å². The van der Waals surface area contributed by atoms with Crippen LogP contribution in [0.4, 0.5) is 0 Å². The molecular weight excluding hydrogens is 330 g/mol. The molecule has 2 aliphatic rings. The van der Waals surface area contributed by atoms with Gasteiger partial charge in [0.05, 0.1) is 6.20 Å². The molecule has 8 heteroatoms. The Morgan fingerprint density at radius 1 is 1.46 bits per heavy atom. The number of rotatable bonds is 7. The molecule has 1 atom stereocenters. The summed E-state index contributed by atoms with van der Waals surface area (Å²) in [7, 11) is 0. The Balaban J connectivity index is 1.29. The number of piperidine rings is 1. The molecule has 0 radical (unpaired) electrons. The Morgan fingerprint density at radius 3 is 3.04 bits per heavy atom. The first kappa shape index (κ1) is 17.2. The number of hydrogen-bond donors (Lipinski definition) is 2. The van der Waals surface area contributed by atoms with Crippen LogP contribution in [0.3, 0.4) is 0 Å². The van der Waals surface area contributed by atoms with E-state index < -0.39 is 0 Å². The van der Waals surface area contributed by atoms with E-state index in [1.165, 1.54) is 12.8 Å². The van der Waals surface area contributed by atoms with Gasteiger partial charge in [0.15, 0.2) is 5.69 Å². The molecule has 1 amide bonds. The molecule has 1 aliphatic carbocycles. The van der Waals surface area contributed by atoms with E-state index in [9.17, 15) is 4.79 Å². The Morgan fingerprint density at radius 2 is 2.35 bits per heavy atom. The fourth-order valence-corrected chi connectivity index (χ4v) is 3.69. The SMILES string of the molecule is Cc1nccn1CC1(CNC(=O)c2cn(C[C@@H]3CCCNC3)nn2)CC1. The van der Waals surface area contributed by atoms with Crippen LogP contribution in [0.15, 0.2) is 18.6 Å². The quantitative estimate of drug-likeness (QED) is 0.771. The van der Waals surface area contributed by atoms with Crippen molar-refractivity contribution in [2.45, 2.75) is 45.7 Å². The fourth-order valence-electron chi connectivity index (χ4n) is 3.69. The lowest BCUT2D eigenvalue weighted by Crippen LogP contribution is -2.33. The number of hydrogen-bond acceptors (Lipinski definition) is 5. The van der Waals surface area contributed by atoms with Crippen molar-refractivity contribution in [1.29, 1.82) is 0 Å². The monoisotopic (exact) mass is 357 g/mol. The standard InChI is InChI=1S/C18H27N7O/c1-14-20-7-8-24(14)13-18(4-5-18)12-21-17(26)16-11-25(23-22-16)10-15-3-2-6-19-9-15/h7-8,11,15,19H,2-6,9-10,12-13H2,1H3,(H,21,26)/t15-/m1/s1.